The smallest absolute Gasteiger partial charge is 0.0578 e. The summed E-state index contributed by atoms with van der Waals surface area (Å²) in [7, 11) is 0. The molecule has 0 radical (unpaired) electrons. The van der Waals surface area contributed by atoms with E-state index in [4.69, 9.17) is 9.47 Å². The van der Waals surface area contributed by atoms with Crippen molar-refractivity contribution in [3.8, 4) is 0 Å². The molecule has 2 rings (SSSR count). The van der Waals surface area contributed by atoms with Gasteiger partial charge in [-0.05, 0) is 44.9 Å². The first-order valence-corrected chi connectivity index (χ1v) is 5.58. The molecule has 2 fully saturated rings. The average Bonchev–Trinajstić information content (AvgIpc) is 2.53. The van der Waals surface area contributed by atoms with Crippen LogP contribution >= 0.6 is 0 Å². The maximum Gasteiger partial charge on any atom is 0.0578 e. The SMILES string of the molecule is CC1CC(CC2CCCCO2)CO1. The fourth-order valence-electron chi connectivity index (χ4n) is 2.44. The van der Waals surface area contributed by atoms with Crippen LogP contribution in [0.25, 0.3) is 0 Å². The van der Waals surface area contributed by atoms with Gasteiger partial charge in [0.05, 0.1) is 12.2 Å². The molecule has 2 heteroatoms. The number of ether oxygens (including phenoxy) is 2. The van der Waals surface area contributed by atoms with Gasteiger partial charge < -0.3 is 9.47 Å². The Balaban J connectivity index is 1.71. The minimum Gasteiger partial charge on any atom is -0.378 e. The molecule has 0 N–H and O–H groups in total. The summed E-state index contributed by atoms with van der Waals surface area (Å²) in [5, 5.41) is 0. The molecule has 13 heavy (non-hydrogen) atoms. The monoisotopic (exact) mass is 184 g/mol. The van der Waals surface area contributed by atoms with Crippen molar-refractivity contribution in [3.05, 3.63) is 0 Å². The Morgan fingerprint density at radius 3 is 2.77 bits per heavy atom. The van der Waals surface area contributed by atoms with E-state index >= 15 is 0 Å². The lowest BCUT2D eigenvalue weighted by atomic mass is 9.95. The van der Waals surface area contributed by atoms with Gasteiger partial charge in [0.25, 0.3) is 0 Å². The van der Waals surface area contributed by atoms with Crippen LogP contribution in [0.2, 0.25) is 0 Å². The van der Waals surface area contributed by atoms with E-state index < -0.39 is 0 Å². The van der Waals surface area contributed by atoms with Crippen LogP contribution in [0.4, 0.5) is 0 Å². The quantitative estimate of drug-likeness (QED) is 0.656. The van der Waals surface area contributed by atoms with Crippen LogP contribution in [-0.2, 0) is 9.47 Å². The van der Waals surface area contributed by atoms with Crippen molar-refractivity contribution >= 4 is 0 Å². The Bertz CT molecular complexity index is 149. The molecule has 0 aliphatic carbocycles. The molecule has 0 aromatic heterocycles. The van der Waals surface area contributed by atoms with Gasteiger partial charge in [-0.3, -0.25) is 0 Å². The minimum absolute atomic E-state index is 0.480. The molecule has 2 heterocycles. The second kappa shape index (κ2) is 4.43. The third kappa shape index (κ3) is 2.68. The van der Waals surface area contributed by atoms with E-state index in [1.807, 2.05) is 0 Å². The second-order valence-electron chi connectivity index (χ2n) is 4.47. The molecular formula is C11H20O2. The fourth-order valence-corrected chi connectivity index (χ4v) is 2.44. The van der Waals surface area contributed by atoms with Crippen LogP contribution in [-0.4, -0.2) is 25.4 Å². The van der Waals surface area contributed by atoms with E-state index in [0.29, 0.717) is 12.2 Å². The summed E-state index contributed by atoms with van der Waals surface area (Å²) in [5.74, 6) is 0.762. The van der Waals surface area contributed by atoms with Gasteiger partial charge in [-0.2, -0.15) is 0 Å². The summed E-state index contributed by atoms with van der Waals surface area (Å²) < 4.78 is 11.3. The van der Waals surface area contributed by atoms with Crippen LogP contribution in [0.15, 0.2) is 0 Å². The van der Waals surface area contributed by atoms with E-state index in [1.54, 1.807) is 0 Å². The van der Waals surface area contributed by atoms with E-state index in [9.17, 15) is 0 Å². The molecule has 3 atom stereocenters. The molecule has 0 amide bonds. The lowest BCUT2D eigenvalue weighted by Gasteiger charge is -2.24. The summed E-state index contributed by atoms with van der Waals surface area (Å²) in [6.07, 6.45) is 7.36. The topological polar surface area (TPSA) is 18.5 Å². The molecule has 0 aromatic carbocycles. The highest BCUT2D eigenvalue weighted by Crippen LogP contribution is 2.27. The van der Waals surface area contributed by atoms with Gasteiger partial charge in [-0.1, -0.05) is 0 Å². The Kier molecular flexibility index (Phi) is 3.23. The zero-order chi connectivity index (χ0) is 9.10. The van der Waals surface area contributed by atoms with Crippen LogP contribution in [0, 0.1) is 5.92 Å². The van der Waals surface area contributed by atoms with Crippen molar-refractivity contribution < 1.29 is 9.47 Å². The maximum atomic E-state index is 5.72. The predicted molar refractivity (Wildman–Crippen MR) is 51.7 cm³/mol. The van der Waals surface area contributed by atoms with Crippen molar-refractivity contribution in [2.24, 2.45) is 5.92 Å². The third-order valence-corrected chi connectivity index (χ3v) is 3.15. The zero-order valence-corrected chi connectivity index (χ0v) is 8.50. The molecule has 76 valence electrons. The van der Waals surface area contributed by atoms with E-state index in [-0.39, 0.29) is 0 Å². The normalized spacial score (nSPS) is 40.8. The highest BCUT2D eigenvalue weighted by atomic mass is 16.5. The zero-order valence-electron chi connectivity index (χ0n) is 8.50. The van der Waals surface area contributed by atoms with Gasteiger partial charge in [0, 0.05) is 13.2 Å². The summed E-state index contributed by atoms with van der Waals surface area (Å²) >= 11 is 0. The molecule has 2 nitrogen and oxygen atoms in total. The lowest BCUT2D eigenvalue weighted by Crippen LogP contribution is -2.22. The first kappa shape index (κ1) is 9.47. The Labute approximate surface area is 80.6 Å². The third-order valence-electron chi connectivity index (χ3n) is 3.15. The van der Waals surface area contributed by atoms with Gasteiger partial charge in [-0.15, -0.1) is 0 Å². The summed E-state index contributed by atoms with van der Waals surface area (Å²) in [5.41, 5.74) is 0. The van der Waals surface area contributed by atoms with Crippen molar-refractivity contribution in [2.75, 3.05) is 13.2 Å². The highest BCUT2D eigenvalue weighted by Gasteiger charge is 2.26. The van der Waals surface area contributed by atoms with Gasteiger partial charge in [0.15, 0.2) is 0 Å². The average molecular weight is 184 g/mol. The van der Waals surface area contributed by atoms with E-state index in [1.165, 1.54) is 32.1 Å². The van der Waals surface area contributed by atoms with Crippen LogP contribution in [0.3, 0.4) is 0 Å². The molecule has 0 saturated carbocycles. The molecule has 0 aromatic rings. The van der Waals surface area contributed by atoms with E-state index in [0.717, 1.165) is 19.1 Å². The second-order valence-corrected chi connectivity index (χ2v) is 4.47. The van der Waals surface area contributed by atoms with Crippen molar-refractivity contribution in [1.29, 1.82) is 0 Å². The van der Waals surface area contributed by atoms with Gasteiger partial charge >= 0.3 is 0 Å². The first-order valence-electron chi connectivity index (χ1n) is 5.58. The van der Waals surface area contributed by atoms with Crippen molar-refractivity contribution in [2.45, 2.75) is 51.2 Å². The Morgan fingerprint density at radius 2 is 2.15 bits per heavy atom. The van der Waals surface area contributed by atoms with Crippen LogP contribution in [0.5, 0.6) is 0 Å². The van der Waals surface area contributed by atoms with Crippen molar-refractivity contribution in [3.63, 3.8) is 0 Å². The minimum atomic E-state index is 0.480. The molecule has 2 saturated heterocycles. The maximum absolute atomic E-state index is 5.72. The molecule has 0 spiro atoms. The molecule has 2 aliphatic rings. The largest absolute Gasteiger partial charge is 0.378 e. The van der Waals surface area contributed by atoms with Gasteiger partial charge in [0.2, 0.25) is 0 Å². The molecule has 2 aliphatic heterocycles. The standard InChI is InChI=1S/C11H20O2/c1-9-6-10(8-13-9)7-11-4-2-3-5-12-11/h9-11H,2-8H2,1H3. The van der Waals surface area contributed by atoms with Gasteiger partial charge in [-0.25, -0.2) is 0 Å². The highest BCUT2D eigenvalue weighted by molar-refractivity contribution is 4.75. The van der Waals surface area contributed by atoms with Crippen LogP contribution < -0.4 is 0 Å². The van der Waals surface area contributed by atoms with E-state index in [2.05, 4.69) is 6.92 Å². The lowest BCUT2D eigenvalue weighted by molar-refractivity contribution is 0.000403. The Hall–Kier alpha value is -0.0800. The van der Waals surface area contributed by atoms with Crippen LogP contribution in [0.1, 0.15) is 39.0 Å². The first-order chi connectivity index (χ1) is 6.34. The molecule has 0 bridgehead atoms. The fraction of sp³-hybridized carbons (Fsp3) is 1.00. The summed E-state index contributed by atoms with van der Waals surface area (Å²) in [6.45, 7) is 4.11. The number of hydrogen-bond donors (Lipinski definition) is 0. The predicted octanol–water partition coefficient (Wildman–Crippen LogP) is 2.37. The number of hydrogen-bond acceptors (Lipinski definition) is 2. The molecule has 3 unspecified atom stereocenters. The van der Waals surface area contributed by atoms with Crippen molar-refractivity contribution in [1.82, 2.24) is 0 Å². The Morgan fingerprint density at radius 1 is 1.23 bits per heavy atom. The number of rotatable bonds is 2. The van der Waals surface area contributed by atoms with Gasteiger partial charge in [0.1, 0.15) is 0 Å². The summed E-state index contributed by atoms with van der Waals surface area (Å²) in [4.78, 5) is 0. The molecular weight excluding hydrogens is 164 g/mol. The summed E-state index contributed by atoms with van der Waals surface area (Å²) in [6, 6.07) is 0.